The molecule has 1 unspecified atom stereocenters. The zero-order valence-corrected chi connectivity index (χ0v) is 16.5. The minimum atomic E-state index is -1.52. The first-order valence-electron chi connectivity index (χ1n) is 8.05. The SMILES string of the molecule is O=C(OC(C(=O)NCc1ccccc1)c1ccccc1F)c1nsc(Cl)c1Cl. The maximum absolute atomic E-state index is 14.3. The molecule has 1 atom stereocenters. The number of carbonyl (C=O) groups excluding carboxylic acids is 2. The molecule has 0 saturated heterocycles. The second kappa shape index (κ2) is 9.14. The molecule has 0 saturated carbocycles. The predicted octanol–water partition coefficient (Wildman–Crippen LogP) is 4.80. The quantitative estimate of drug-likeness (QED) is 0.561. The van der Waals surface area contributed by atoms with Crippen molar-refractivity contribution >= 4 is 46.6 Å². The number of rotatable bonds is 6. The highest BCUT2D eigenvalue weighted by atomic mass is 35.5. The molecule has 5 nitrogen and oxygen atoms in total. The van der Waals surface area contributed by atoms with Crippen molar-refractivity contribution in [3.63, 3.8) is 0 Å². The molecule has 1 amide bonds. The first-order valence-corrected chi connectivity index (χ1v) is 9.58. The fourth-order valence-corrected chi connectivity index (χ4v) is 3.35. The van der Waals surface area contributed by atoms with E-state index in [1.54, 1.807) is 0 Å². The van der Waals surface area contributed by atoms with E-state index in [0.717, 1.165) is 17.1 Å². The third-order valence-electron chi connectivity index (χ3n) is 3.75. The molecule has 3 aromatic rings. The normalized spacial score (nSPS) is 11.7. The Balaban J connectivity index is 1.83. The number of amides is 1. The summed E-state index contributed by atoms with van der Waals surface area (Å²) >= 11 is 12.5. The predicted molar refractivity (Wildman–Crippen MR) is 105 cm³/mol. The van der Waals surface area contributed by atoms with E-state index in [-0.39, 0.29) is 27.2 Å². The Morgan fingerprint density at radius 1 is 1.11 bits per heavy atom. The molecule has 1 heterocycles. The van der Waals surface area contributed by atoms with Gasteiger partial charge in [-0.15, -0.1) is 0 Å². The monoisotopic (exact) mass is 438 g/mol. The molecular formula is C19H13Cl2FN2O3S. The standard InChI is InChI=1S/C19H13Cl2FN2O3S/c20-14-15(24-28-17(14)21)19(26)27-16(12-8-4-5-9-13(12)22)18(25)23-10-11-6-2-1-3-7-11/h1-9,16H,10H2,(H,23,25). The van der Waals surface area contributed by atoms with E-state index in [2.05, 4.69) is 9.69 Å². The number of carbonyl (C=O) groups is 2. The molecule has 3 rings (SSSR count). The average Bonchev–Trinajstić information content (AvgIpc) is 3.04. The van der Waals surface area contributed by atoms with E-state index < -0.39 is 23.8 Å². The van der Waals surface area contributed by atoms with Crippen LogP contribution in [0.3, 0.4) is 0 Å². The highest BCUT2D eigenvalue weighted by molar-refractivity contribution is 7.11. The summed E-state index contributed by atoms with van der Waals surface area (Å²) in [7, 11) is 0. The van der Waals surface area contributed by atoms with Gasteiger partial charge in [0.2, 0.25) is 6.10 Å². The maximum atomic E-state index is 14.3. The van der Waals surface area contributed by atoms with Gasteiger partial charge in [0.05, 0.1) is 0 Å². The molecule has 2 aromatic carbocycles. The first-order chi connectivity index (χ1) is 13.5. The van der Waals surface area contributed by atoms with Gasteiger partial charge in [0.1, 0.15) is 15.2 Å². The Bertz CT molecular complexity index is 998. The van der Waals surface area contributed by atoms with Crippen LogP contribution < -0.4 is 5.32 Å². The molecule has 0 spiro atoms. The molecule has 0 aliphatic heterocycles. The smallest absolute Gasteiger partial charge is 0.360 e. The summed E-state index contributed by atoms with van der Waals surface area (Å²) in [4.78, 5) is 25.1. The Morgan fingerprint density at radius 3 is 2.43 bits per heavy atom. The molecule has 0 bridgehead atoms. The average molecular weight is 439 g/mol. The van der Waals surface area contributed by atoms with Crippen molar-refractivity contribution in [2.75, 3.05) is 0 Å². The zero-order chi connectivity index (χ0) is 20.1. The number of halogens is 3. The van der Waals surface area contributed by atoms with E-state index in [0.29, 0.717) is 0 Å². The lowest BCUT2D eigenvalue weighted by molar-refractivity contribution is -0.130. The summed E-state index contributed by atoms with van der Waals surface area (Å²) in [5.74, 6) is -2.34. The second-order valence-corrected chi connectivity index (χ2v) is 7.38. The molecule has 1 N–H and O–H groups in total. The fourth-order valence-electron chi connectivity index (χ4n) is 2.37. The molecule has 144 valence electrons. The van der Waals surface area contributed by atoms with Crippen molar-refractivity contribution in [3.05, 3.63) is 86.6 Å². The van der Waals surface area contributed by atoms with Gasteiger partial charge in [-0.25, -0.2) is 9.18 Å². The Kier molecular flexibility index (Phi) is 6.61. The van der Waals surface area contributed by atoms with Crippen LogP contribution in [0.2, 0.25) is 9.36 Å². The zero-order valence-electron chi connectivity index (χ0n) is 14.2. The van der Waals surface area contributed by atoms with E-state index in [1.165, 1.54) is 24.3 Å². The van der Waals surface area contributed by atoms with Crippen LogP contribution in [0, 0.1) is 5.82 Å². The number of esters is 1. The number of hydrogen-bond acceptors (Lipinski definition) is 5. The van der Waals surface area contributed by atoms with Gasteiger partial charge in [0.25, 0.3) is 5.91 Å². The van der Waals surface area contributed by atoms with Crippen LogP contribution in [0.5, 0.6) is 0 Å². The minimum Gasteiger partial charge on any atom is -0.442 e. The topological polar surface area (TPSA) is 68.3 Å². The number of hydrogen-bond donors (Lipinski definition) is 1. The molecule has 28 heavy (non-hydrogen) atoms. The van der Waals surface area contributed by atoms with Crippen LogP contribution in [0.4, 0.5) is 4.39 Å². The van der Waals surface area contributed by atoms with E-state index in [1.807, 2.05) is 30.3 Å². The lowest BCUT2D eigenvalue weighted by atomic mass is 10.1. The Hall–Kier alpha value is -2.48. The lowest BCUT2D eigenvalue weighted by Crippen LogP contribution is -2.32. The summed E-state index contributed by atoms with van der Waals surface area (Å²) in [6.07, 6.45) is -1.52. The van der Waals surface area contributed by atoms with Crippen molar-refractivity contribution in [2.24, 2.45) is 0 Å². The van der Waals surface area contributed by atoms with Crippen molar-refractivity contribution < 1.29 is 18.7 Å². The summed E-state index contributed by atoms with van der Waals surface area (Å²) in [5.41, 5.74) is 0.525. The lowest BCUT2D eigenvalue weighted by Gasteiger charge is -2.18. The first kappa shape index (κ1) is 20.3. The van der Waals surface area contributed by atoms with Crippen LogP contribution in [0.1, 0.15) is 27.7 Å². The van der Waals surface area contributed by atoms with Gasteiger partial charge in [-0.3, -0.25) is 4.79 Å². The highest BCUT2D eigenvalue weighted by Gasteiger charge is 2.30. The van der Waals surface area contributed by atoms with Gasteiger partial charge in [0, 0.05) is 12.1 Å². The molecule has 1 aromatic heterocycles. The third kappa shape index (κ3) is 4.67. The number of nitrogens with zero attached hydrogens (tertiary/aromatic N) is 1. The molecule has 0 aliphatic rings. The highest BCUT2D eigenvalue weighted by Crippen LogP contribution is 2.31. The molecule has 0 fully saturated rings. The Labute approximate surface area is 174 Å². The van der Waals surface area contributed by atoms with Gasteiger partial charge in [-0.2, -0.15) is 4.37 Å². The second-order valence-electron chi connectivity index (χ2n) is 5.63. The number of ether oxygens (including phenoxy) is 1. The molecule has 0 radical (unpaired) electrons. The van der Waals surface area contributed by atoms with Crippen LogP contribution >= 0.6 is 34.7 Å². The Morgan fingerprint density at radius 2 is 1.79 bits per heavy atom. The number of benzene rings is 2. The minimum absolute atomic E-state index is 0.0753. The van der Waals surface area contributed by atoms with Crippen LogP contribution in [0.25, 0.3) is 0 Å². The van der Waals surface area contributed by atoms with E-state index >= 15 is 0 Å². The largest absolute Gasteiger partial charge is 0.442 e. The molecule has 9 heteroatoms. The van der Waals surface area contributed by atoms with Crippen molar-refractivity contribution in [1.82, 2.24) is 9.69 Å². The van der Waals surface area contributed by atoms with Crippen LogP contribution in [-0.2, 0) is 16.1 Å². The number of nitrogens with one attached hydrogen (secondary N) is 1. The van der Waals surface area contributed by atoms with Gasteiger partial charge < -0.3 is 10.1 Å². The molecule has 0 aliphatic carbocycles. The van der Waals surface area contributed by atoms with E-state index in [9.17, 15) is 14.0 Å². The van der Waals surface area contributed by atoms with Crippen LogP contribution in [-0.4, -0.2) is 16.3 Å². The van der Waals surface area contributed by atoms with Crippen molar-refractivity contribution in [3.8, 4) is 0 Å². The maximum Gasteiger partial charge on any atom is 0.360 e. The van der Waals surface area contributed by atoms with Crippen molar-refractivity contribution in [2.45, 2.75) is 12.6 Å². The van der Waals surface area contributed by atoms with Crippen molar-refractivity contribution in [1.29, 1.82) is 0 Å². The van der Waals surface area contributed by atoms with Gasteiger partial charge in [-0.1, -0.05) is 71.7 Å². The summed E-state index contributed by atoms with van der Waals surface area (Å²) < 4.78 is 23.5. The van der Waals surface area contributed by atoms with Crippen LogP contribution in [0.15, 0.2) is 54.6 Å². The van der Waals surface area contributed by atoms with Gasteiger partial charge >= 0.3 is 5.97 Å². The third-order valence-corrected chi connectivity index (χ3v) is 5.36. The number of aromatic nitrogens is 1. The molecular weight excluding hydrogens is 426 g/mol. The van der Waals surface area contributed by atoms with E-state index in [4.69, 9.17) is 27.9 Å². The summed E-state index contributed by atoms with van der Waals surface area (Å²) in [6, 6.07) is 14.7. The van der Waals surface area contributed by atoms with Gasteiger partial charge in [-0.05, 0) is 23.2 Å². The summed E-state index contributed by atoms with van der Waals surface area (Å²) in [6.45, 7) is 0.186. The fraction of sp³-hybridized carbons (Fsp3) is 0.105. The summed E-state index contributed by atoms with van der Waals surface area (Å²) in [5, 5.41) is 2.57. The van der Waals surface area contributed by atoms with Gasteiger partial charge in [0.15, 0.2) is 5.69 Å².